The van der Waals surface area contributed by atoms with Crippen molar-refractivity contribution < 1.29 is 14.6 Å². The molecular weight excluding hydrogens is 216 g/mol. The van der Waals surface area contributed by atoms with Gasteiger partial charge in [-0.1, -0.05) is 44.7 Å². The summed E-state index contributed by atoms with van der Waals surface area (Å²) in [5, 5.41) is 8.87. The van der Waals surface area contributed by atoms with Crippen LogP contribution in [0.5, 0.6) is 0 Å². The topological polar surface area (TPSA) is 49.8 Å². The quantitative estimate of drug-likeness (QED) is 0.570. The fourth-order valence-corrected chi connectivity index (χ4v) is 1.67. The molecule has 17 heavy (non-hydrogen) atoms. The van der Waals surface area contributed by atoms with Gasteiger partial charge in [-0.15, -0.1) is 0 Å². The van der Waals surface area contributed by atoms with Crippen LogP contribution in [0, 0.1) is 5.92 Å². The lowest BCUT2D eigenvalue weighted by Crippen LogP contribution is -2.18. The molecule has 0 aliphatic carbocycles. The van der Waals surface area contributed by atoms with Gasteiger partial charge >= 0.3 is 5.97 Å². The fourth-order valence-electron chi connectivity index (χ4n) is 1.67. The lowest BCUT2D eigenvalue weighted by molar-refractivity contribution is -0.138. The highest BCUT2D eigenvalue weighted by molar-refractivity contribution is 5.79. The van der Waals surface area contributed by atoms with E-state index in [2.05, 4.69) is 26.5 Å². The molecule has 0 saturated carbocycles. The van der Waals surface area contributed by atoms with Gasteiger partial charge in [-0.2, -0.15) is 0 Å². The van der Waals surface area contributed by atoms with E-state index < -0.39 is 17.7 Å². The molecule has 1 rings (SSSR count). The molecule has 1 aliphatic rings. The number of epoxide rings is 1. The summed E-state index contributed by atoms with van der Waals surface area (Å²) in [6, 6.07) is 0. The van der Waals surface area contributed by atoms with E-state index in [1.165, 1.54) is 0 Å². The number of carboxylic acid groups (broad SMARTS) is 1. The first kappa shape index (κ1) is 13.7. The molecule has 1 aliphatic heterocycles. The van der Waals surface area contributed by atoms with E-state index in [9.17, 15) is 4.79 Å². The second kappa shape index (κ2) is 5.32. The molecule has 3 heteroatoms. The van der Waals surface area contributed by atoms with E-state index >= 15 is 0 Å². The number of rotatable bonds is 6. The van der Waals surface area contributed by atoms with Gasteiger partial charge < -0.3 is 9.84 Å². The summed E-state index contributed by atoms with van der Waals surface area (Å²) in [5.41, 5.74) is 0.0976. The molecule has 3 nitrogen and oxygen atoms in total. The maximum Gasteiger partial charge on any atom is 0.336 e. The number of carbonyl (C=O) groups is 1. The number of aliphatic carboxylic acids is 1. The summed E-state index contributed by atoms with van der Waals surface area (Å²) in [6.07, 6.45) is 7.78. The first-order valence-corrected chi connectivity index (χ1v) is 5.82. The number of allylic oxidation sites excluding steroid dienone is 3. The number of hydrogen-bond acceptors (Lipinski definition) is 2. The molecule has 0 aromatic carbocycles. The van der Waals surface area contributed by atoms with Crippen molar-refractivity contribution in [1.82, 2.24) is 0 Å². The van der Waals surface area contributed by atoms with Gasteiger partial charge in [-0.3, -0.25) is 0 Å². The summed E-state index contributed by atoms with van der Waals surface area (Å²) in [5.74, 6) is -0.308. The Hall–Kier alpha value is -1.35. The van der Waals surface area contributed by atoms with E-state index in [-0.39, 0.29) is 0 Å². The third-order valence-electron chi connectivity index (χ3n) is 2.84. The second-order valence-corrected chi connectivity index (χ2v) is 4.83. The van der Waals surface area contributed by atoms with Crippen molar-refractivity contribution >= 4 is 5.97 Å². The predicted molar refractivity (Wildman–Crippen MR) is 67.8 cm³/mol. The maximum absolute atomic E-state index is 10.8. The summed E-state index contributed by atoms with van der Waals surface area (Å²) < 4.78 is 5.22. The Morgan fingerprint density at radius 3 is 2.65 bits per heavy atom. The van der Waals surface area contributed by atoms with Crippen molar-refractivity contribution in [3.63, 3.8) is 0 Å². The minimum Gasteiger partial charge on any atom is -0.479 e. The Bertz CT molecular complexity index is 366. The summed E-state index contributed by atoms with van der Waals surface area (Å²) >= 11 is 0. The SMILES string of the molecule is C=C/C(=C\C=C\CC(C)C)C1(C)OC1C(=O)O. The van der Waals surface area contributed by atoms with E-state index in [0.717, 1.165) is 12.0 Å². The summed E-state index contributed by atoms with van der Waals surface area (Å²) in [4.78, 5) is 10.8. The molecular formula is C14H20O3. The van der Waals surface area contributed by atoms with Crippen LogP contribution in [0.3, 0.4) is 0 Å². The van der Waals surface area contributed by atoms with Gasteiger partial charge in [-0.25, -0.2) is 4.79 Å². The van der Waals surface area contributed by atoms with Crippen LogP contribution in [-0.4, -0.2) is 22.8 Å². The molecule has 0 radical (unpaired) electrons. The lowest BCUT2D eigenvalue weighted by atomic mass is 9.96. The number of carboxylic acids is 1. The zero-order chi connectivity index (χ0) is 13.1. The highest BCUT2D eigenvalue weighted by Gasteiger charge is 2.58. The van der Waals surface area contributed by atoms with Crippen LogP contribution in [0.1, 0.15) is 27.2 Å². The van der Waals surface area contributed by atoms with Gasteiger partial charge in [-0.05, 0) is 24.8 Å². The molecule has 0 spiro atoms. The van der Waals surface area contributed by atoms with Crippen molar-refractivity contribution in [3.8, 4) is 0 Å². The minimum atomic E-state index is -0.925. The van der Waals surface area contributed by atoms with Crippen LogP contribution in [0.4, 0.5) is 0 Å². The summed E-state index contributed by atoms with van der Waals surface area (Å²) in [7, 11) is 0. The molecule has 0 aromatic rings. The van der Waals surface area contributed by atoms with Crippen LogP contribution >= 0.6 is 0 Å². The first-order valence-electron chi connectivity index (χ1n) is 5.82. The Morgan fingerprint density at radius 2 is 2.24 bits per heavy atom. The van der Waals surface area contributed by atoms with E-state index in [1.807, 2.05) is 12.2 Å². The van der Waals surface area contributed by atoms with Crippen molar-refractivity contribution in [2.24, 2.45) is 5.92 Å². The van der Waals surface area contributed by atoms with Gasteiger partial charge in [0.05, 0.1) is 0 Å². The van der Waals surface area contributed by atoms with Gasteiger partial charge in [0, 0.05) is 0 Å². The third kappa shape index (κ3) is 3.30. The van der Waals surface area contributed by atoms with Gasteiger partial charge in [0.2, 0.25) is 0 Å². The fraction of sp³-hybridized carbons (Fsp3) is 0.500. The molecule has 2 unspecified atom stereocenters. The van der Waals surface area contributed by atoms with E-state index in [0.29, 0.717) is 5.92 Å². The molecule has 94 valence electrons. The van der Waals surface area contributed by atoms with Gasteiger partial charge in [0.15, 0.2) is 6.10 Å². The van der Waals surface area contributed by atoms with Crippen LogP contribution in [-0.2, 0) is 9.53 Å². The van der Waals surface area contributed by atoms with Crippen molar-refractivity contribution in [2.45, 2.75) is 38.9 Å². The predicted octanol–water partition coefficient (Wildman–Crippen LogP) is 2.94. The largest absolute Gasteiger partial charge is 0.479 e. The average molecular weight is 236 g/mol. The third-order valence-corrected chi connectivity index (χ3v) is 2.84. The molecule has 0 amide bonds. The van der Waals surface area contributed by atoms with Crippen molar-refractivity contribution in [3.05, 3.63) is 36.5 Å². The van der Waals surface area contributed by atoms with Crippen LogP contribution < -0.4 is 0 Å². The first-order chi connectivity index (χ1) is 7.91. The normalized spacial score (nSPS) is 28.7. The standard InChI is InChI=1S/C14H20O3/c1-5-11(9-7-6-8-10(2)3)14(4)12(17-14)13(15)16/h5-7,9-10,12H,1,8H2,2-4H3,(H,15,16)/b7-6+,11-9+. The number of ether oxygens (including phenoxy) is 1. The Kier molecular flexibility index (Phi) is 4.29. The molecule has 0 aromatic heterocycles. The Morgan fingerprint density at radius 1 is 1.59 bits per heavy atom. The minimum absolute atomic E-state index is 0.617. The zero-order valence-corrected chi connectivity index (χ0v) is 10.6. The van der Waals surface area contributed by atoms with E-state index in [1.54, 1.807) is 13.0 Å². The Labute approximate surface area is 102 Å². The highest BCUT2D eigenvalue weighted by Crippen LogP contribution is 2.43. The second-order valence-electron chi connectivity index (χ2n) is 4.83. The zero-order valence-electron chi connectivity index (χ0n) is 10.6. The molecule has 0 bridgehead atoms. The lowest BCUT2D eigenvalue weighted by Gasteiger charge is -2.05. The van der Waals surface area contributed by atoms with Crippen LogP contribution in [0.15, 0.2) is 36.5 Å². The Balaban J connectivity index is 2.67. The summed E-state index contributed by atoms with van der Waals surface area (Å²) in [6.45, 7) is 9.77. The average Bonchev–Trinajstić information content (AvgIpc) is 2.91. The van der Waals surface area contributed by atoms with Gasteiger partial charge in [0.25, 0.3) is 0 Å². The van der Waals surface area contributed by atoms with Crippen molar-refractivity contribution in [2.75, 3.05) is 0 Å². The molecule has 2 atom stereocenters. The molecule has 1 fully saturated rings. The van der Waals surface area contributed by atoms with E-state index in [4.69, 9.17) is 9.84 Å². The maximum atomic E-state index is 10.8. The van der Waals surface area contributed by atoms with Gasteiger partial charge in [0.1, 0.15) is 5.60 Å². The molecule has 1 saturated heterocycles. The monoisotopic (exact) mass is 236 g/mol. The van der Waals surface area contributed by atoms with Crippen LogP contribution in [0.25, 0.3) is 0 Å². The molecule has 1 heterocycles. The smallest absolute Gasteiger partial charge is 0.336 e. The highest BCUT2D eigenvalue weighted by atomic mass is 16.6. The molecule has 1 N–H and O–H groups in total. The number of hydrogen-bond donors (Lipinski definition) is 1. The van der Waals surface area contributed by atoms with Crippen LogP contribution in [0.2, 0.25) is 0 Å². The van der Waals surface area contributed by atoms with Crippen molar-refractivity contribution in [1.29, 1.82) is 0 Å².